The van der Waals surface area contributed by atoms with Crippen molar-refractivity contribution in [2.75, 3.05) is 0 Å². The summed E-state index contributed by atoms with van der Waals surface area (Å²) in [5.41, 5.74) is -1.67. The molecule has 1 aliphatic rings. The molecule has 0 unspecified atom stereocenters. The van der Waals surface area contributed by atoms with Gasteiger partial charge in [-0.2, -0.15) is 5.26 Å². The van der Waals surface area contributed by atoms with Gasteiger partial charge in [0.15, 0.2) is 11.6 Å². The molecule has 0 amide bonds. The molecule has 1 aliphatic carbocycles. The predicted molar refractivity (Wildman–Crippen MR) is 77.4 cm³/mol. The molecule has 0 saturated heterocycles. The zero-order valence-electron chi connectivity index (χ0n) is 12.2. The Morgan fingerprint density at radius 3 is 2.61 bits per heavy atom. The number of halogens is 2. The molecule has 1 heterocycles. The van der Waals surface area contributed by atoms with Gasteiger partial charge in [-0.1, -0.05) is 6.92 Å². The first-order valence-electron chi connectivity index (χ1n) is 7.14. The number of nitriles is 1. The fourth-order valence-electron chi connectivity index (χ4n) is 2.97. The van der Waals surface area contributed by atoms with E-state index in [1.54, 1.807) is 13.0 Å². The van der Waals surface area contributed by atoms with Gasteiger partial charge in [0.2, 0.25) is 5.43 Å². The molecule has 7 heteroatoms. The Morgan fingerprint density at radius 1 is 1.48 bits per heavy atom. The summed E-state index contributed by atoms with van der Waals surface area (Å²) >= 11 is 0. The molecule has 0 atom stereocenters. The van der Waals surface area contributed by atoms with Crippen molar-refractivity contribution in [3.05, 3.63) is 44.7 Å². The summed E-state index contributed by atoms with van der Waals surface area (Å²) in [7, 11) is 0. The quantitative estimate of drug-likeness (QED) is 0.943. The van der Waals surface area contributed by atoms with Gasteiger partial charge >= 0.3 is 5.97 Å². The molecule has 0 aliphatic heterocycles. The lowest BCUT2D eigenvalue weighted by molar-refractivity contribution is 0.0693. The molecule has 0 radical (unpaired) electrons. The van der Waals surface area contributed by atoms with Gasteiger partial charge in [-0.3, -0.25) is 4.79 Å². The first kappa shape index (κ1) is 15.2. The van der Waals surface area contributed by atoms with Crippen LogP contribution in [0.3, 0.4) is 0 Å². The summed E-state index contributed by atoms with van der Waals surface area (Å²) in [4.78, 5) is 24.0. The zero-order chi connectivity index (χ0) is 16.9. The number of carboxylic acid groups (broad SMARTS) is 1. The second-order valence-electron chi connectivity index (χ2n) is 5.47. The van der Waals surface area contributed by atoms with Crippen molar-refractivity contribution in [2.45, 2.75) is 32.2 Å². The number of benzene rings is 1. The van der Waals surface area contributed by atoms with Crippen LogP contribution >= 0.6 is 0 Å². The molecule has 1 N–H and O–H groups in total. The van der Waals surface area contributed by atoms with Gasteiger partial charge in [0.05, 0.1) is 10.9 Å². The van der Waals surface area contributed by atoms with Gasteiger partial charge in [-0.15, -0.1) is 0 Å². The summed E-state index contributed by atoms with van der Waals surface area (Å²) in [6.07, 6.45) is 1.69. The minimum absolute atomic E-state index is 0.0132. The Balaban J connectivity index is 2.65. The Labute approximate surface area is 129 Å². The number of aromatic carboxylic acids is 1. The maximum absolute atomic E-state index is 14.0. The van der Waals surface area contributed by atoms with Gasteiger partial charge in [0.1, 0.15) is 17.2 Å². The minimum Gasteiger partial charge on any atom is -0.477 e. The molecule has 1 saturated carbocycles. The lowest BCUT2D eigenvalue weighted by Gasteiger charge is -2.19. The van der Waals surface area contributed by atoms with Crippen LogP contribution in [0.4, 0.5) is 8.78 Å². The molecular weight excluding hydrogens is 306 g/mol. The Morgan fingerprint density at radius 2 is 2.13 bits per heavy atom. The van der Waals surface area contributed by atoms with E-state index in [1.165, 1.54) is 4.57 Å². The SMILES string of the molecule is CCc1c(C(=O)O)c(=O)c2cc(F)c(F)c(C#N)c2n1C1CC1. The molecule has 3 rings (SSSR count). The van der Waals surface area contributed by atoms with Crippen molar-refractivity contribution in [3.8, 4) is 6.07 Å². The van der Waals surface area contributed by atoms with Gasteiger partial charge in [0, 0.05) is 11.7 Å². The number of rotatable bonds is 3. The van der Waals surface area contributed by atoms with E-state index in [0.717, 1.165) is 12.8 Å². The van der Waals surface area contributed by atoms with Gasteiger partial charge in [-0.25, -0.2) is 13.6 Å². The van der Waals surface area contributed by atoms with Crippen LogP contribution in [0.15, 0.2) is 10.9 Å². The molecule has 1 aromatic heterocycles. The number of nitrogens with zero attached hydrogens (tertiary/aromatic N) is 2. The summed E-state index contributed by atoms with van der Waals surface area (Å²) in [5, 5.41) is 18.3. The van der Waals surface area contributed by atoms with Gasteiger partial charge < -0.3 is 9.67 Å². The van der Waals surface area contributed by atoms with Crippen molar-refractivity contribution in [3.63, 3.8) is 0 Å². The average Bonchev–Trinajstić information content (AvgIpc) is 3.33. The van der Waals surface area contributed by atoms with E-state index in [4.69, 9.17) is 0 Å². The second-order valence-corrected chi connectivity index (χ2v) is 5.47. The average molecular weight is 318 g/mol. The number of pyridine rings is 1. The number of aromatic nitrogens is 1. The lowest BCUT2D eigenvalue weighted by atomic mass is 10.0. The van der Waals surface area contributed by atoms with E-state index in [0.29, 0.717) is 6.07 Å². The van der Waals surface area contributed by atoms with Crippen LogP contribution in [0.5, 0.6) is 0 Å². The number of carboxylic acids is 1. The molecule has 2 aromatic rings. The molecule has 23 heavy (non-hydrogen) atoms. The summed E-state index contributed by atoms with van der Waals surface area (Å²) in [6, 6.07) is 2.18. The molecule has 118 valence electrons. The highest BCUT2D eigenvalue weighted by Gasteiger charge is 2.32. The van der Waals surface area contributed by atoms with Crippen molar-refractivity contribution in [1.82, 2.24) is 4.57 Å². The Kier molecular flexibility index (Phi) is 3.40. The highest BCUT2D eigenvalue weighted by molar-refractivity contribution is 5.96. The molecule has 0 spiro atoms. The third-order valence-corrected chi connectivity index (χ3v) is 4.06. The molecule has 1 fully saturated rings. The normalized spacial score (nSPS) is 14.0. The van der Waals surface area contributed by atoms with Crippen LogP contribution in [-0.2, 0) is 6.42 Å². The second kappa shape index (κ2) is 5.16. The van der Waals surface area contributed by atoms with Crippen LogP contribution < -0.4 is 5.43 Å². The van der Waals surface area contributed by atoms with E-state index < -0.39 is 34.2 Å². The third-order valence-electron chi connectivity index (χ3n) is 4.06. The lowest BCUT2D eigenvalue weighted by Crippen LogP contribution is -2.25. The van der Waals surface area contributed by atoms with Gasteiger partial charge in [0.25, 0.3) is 0 Å². The predicted octanol–water partition coefficient (Wildman–Crippen LogP) is 2.75. The number of carbonyl (C=O) groups is 1. The fraction of sp³-hybridized carbons (Fsp3) is 0.312. The largest absolute Gasteiger partial charge is 0.477 e. The monoisotopic (exact) mass is 318 g/mol. The van der Waals surface area contributed by atoms with Crippen LogP contribution in [-0.4, -0.2) is 15.6 Å². The smallest absolute Gasteiger partial charge is 0.341 e. The molecule has 1 aromatic carbocycles. The highest BCUT2D eigenvalue weighted by atomic mass is 19.2. The van der Waals surface area contributed by atoms with Crippen LogP contribution in [0.25, 0.3) is 10.9 Å². The van der Waals surface area contributed by atoms with Crippen LogP contribution in [0, 0.1) is 23.0 Å². The number of hydrogen-bond acceptors (Lipinski definition) is 3. The van der Waals surface area contributed by atoms with Crippen molar-refractivity contribution in [2.24, 2.45) is 0 Å². The molecule has 0 bridgehead atoms. The topological polar surface area (TPSA) is 83.1 Å². The maximum atomic E-state index is 14.0. The summed E-state index contributed by atoms with van der Waals surface area (Å²) in [5.74, 6) is -4.07. The Bertz CT molecular complexity index is 953. The van der Waals surface area contributed by atoms with Crippen LogP contribution in [0.2, 0.25) is 0 Å². The zero-order valence-corrected chi connectivity index (χ0v) is 12.2. The van der Waals surface area contributed by atoms with Crippen molar-refractivity contribution >= 4 is 16.9 Å². The summed E-state index contributed by atoms with van der Waals surface area (Å²) in [6.45, 7) is 1.68. The highest BCUT2D eigenvalue weighted by Crippen LogP contribution is 2.40. The summed E-state index contributed by atoms with van der Waals surface area (Å²) < 4.78 is 29.2. The maximum Gasteiger partial charge on any atom is 0.341 e. The van der Waals surface area contributed by atoms with E-state index in [2.05, 4.69) is 0 Å². The number of fused-ring (bicyclic) bond motifs is 1. The number of hydrogen-bond donors (Lipinski definition) is 1. The van der Waals surface area contributed by atoms with E-state index in [-0.39, 0.29) is 29.1 Å². The van der Waals surface area contributed by atoms with E-state index in [9.17, 15) is 28.7 Å². The van der Waals surface area contributed by atoms with E-state index >= 15 is 0 Å². The minimum atomic E-state index is -1.41. The third kappa shape index (κ3) is 2.10. The molecule has 5 nitrogen and oxygen atoms in total. The van der Waals surface area contributed by atoms with Crippen molar-refractivity contribution in [1.29, 1.82) is 5.26 Å². The first-order chi connectivity index (χ1) is 10.9. The first-order valence-corrected chi connectivity index (χ1v) is 7.14. The molecular formula is C16H12F2N2O3. The van der Waals surface area contributed by atoms with Crippen LogP contribution in [0.1, 0.15) is 47.4 Å². The fourth-order valence-corrected chi connectivity index (χ4v) is 2.97. The van der Waals surface area contributed by atoms with Crippen molar-refractivity contribution < 1.29 is 18.7 Å². The standard InChI is InChI=1S/C16H12F2N2O3/c1-2-11-12(16(22)23)15(21)8-5-10(17)13(18)9(6-19)14(8)20(11)7-3-4-7/h5,7H,2-4H2,1H3,(H,22,23). The van der Waals surface area contributed by atoms with E-state index in [1.807, 2.05) is 0 Å². The van der Waals surface area contributed by atoms with Gasteiger partial charge in [-0.05, 0) is 25.3 Å². The Hall–Kier alpha value is -2.75.